The zero-order valence-electron chi connectivity index (χ0n) is 11.9. The van der Waals surface area contributed by atoms with Crippen LogP contribution in [0.4, 0.5) is 4.39 Å². The number of nitrogens with zero attached hydrogens (tertiary/aromatic N) is 1. The van der Waals surface area contributed by atoms with Crippen molar-refractivity contribution in [3.8, 4) is 0 Å². The van der Waals surface area contributed by atoms with E-state index in [0.29, 0.717) is 12.6 Å². The van der Waals surface area contributed by atoms with Gasteiger partial charge >= 0.3 is 0 Å². The molecular formula is C15H25FN2. The Balaban J connectivity index is 2.88. The largest absolute Gasteiger partial charge is 0.329 e. The van der Waals surface area contributed by atoms with E-state index in [4.69, 9.17) is 5.73 Å². The van der Waals surface area contributed by atoms with E-state index in [1.807, 2.05) is 6.07 Å². The van der Waals surface area contributed by atoms with Gasteiger partial charge in [0.15, 0.2) is 0 Å². The van der Waals surface area contributed by atoms with Gasteiger partial charge in [-0.15, -0.1) is 0 Å². The second kappa shape index (κ2) is 6.30. The van der Waals surface area contributed by atoms with Crippen molar-refractivity contribution >= 4 is 0 Å². The van der Waals surface area contributed by atoms with Crippen LogP contribution in [-0.2, 0) is 6.42 Å². The van der Waals surface area contributed by atoms with Gasteiger partial charge < -0.3 is 5.73 Å². The van der Waals surface area contributed by atoms with Crippen LogP contribution in [0.3, 0.4) is 0 Å². The van der Waals surface area contributed by atoms with Gasteiger partial charge in [-0.25, -0.2) is 4.39 Å². The summed E-state index contributed by atoms with van der Waals surface area (Å²) in [6.45, 7) is 7.06. The van der Waals surface area contributed by atoms with E-state index in [9.17, 15) is 4.39 Å². The molecule has 0 aliphatic rings. The van der Waals surface area contributed by atoms with Crippen LogP contribution in [0.15, 0.2) is 24.3 Å². The van der Waals surface area contributed by atoms with Gasteiger partial charge in [-0.2, -0.15) is 0 Å². The third-order valence-corrected chi connectivity index (χ3v) is 4.02. The highest BCUT2D eigenvalue weighted by Gasteiger charge is 2.30. The number of halogens is 1. The Bertz CT molecular complexity index is 381. The highest BCUT2D eigenvalue weighted by atomic mass is 19.1. The molecule has 0 aliphatic heterocycles. The van der Waals surface area contributed by atoms with Crippen LogP contribution < -0.4 is 5.73 Å². The van der Waals surface area contributed by atoms with Gasteiger partial charge in [-0.05, 0) is 51.4 Å². The van der Waals surface area contributed by atoms with Gasteiger partial charge in [0.2, 0.25) is 0 Å². The first-order valence-corrected chi connectivity index (χ1v) is 6.60. The molecule has 0 amide bonds. The summed E-state index contributed by atoms with van der Waals surface area (Å²) >= 11 is 0. The van der Waals surface area contributed by atoms with Crippen LogP contribution in [0.2, 0.25) is 0 Å². The molecule has 0 fully saturated rings. The van der Waals surface area contributed by atoms with Gasteiger partial charge in [0.05, 0.1) is 0 Å². The normalized spacial score (nSPS) is 16.6. The van der Waals surface area contributed by atoms with E-state index < -0.39 is 0 Å². The van der Waals surface area contributed by atoms with Crippen LogP contribution in [0, 0.1) is 5.82 Å². The lowest BCUT2D eigenvalue weighted by Gasteiger charge is -2.42. The Morgan fingerprint density at radius 3 is 2.61 bits per heavy atom. The third kappa shape index (κ3) is 3.53. The molecule has 0 saturated carbocycles. The number of nitrogens with two attached hydrogens (primary N) is 1. The lowest BCUT2D eigenvalue weighted by atomic mass is 9.89. The molecule has 2 nitrogen and oxygen atoms in total. The maximum Gasteiger partial charge on any atom is 0.123 e. The van der Waals surface area contributed by atoms with Crippen molar-refractivity contribution in [3.05, 3.63) is 35.6 Å². The van der Waals surface area contributed by atoms with Gasteiger partial charge in [-0.1, -0.05) is 19.1 Å². The van der Waals surface area contributed by atoms with Crippen LogP contribution in [0.1, 0.15) is 32.8 Å². The minimum Gasteiger partial charge on any atom is -0.329 e. The topological polar surface area (TPSA) is 29.3 Å². The summed E-state index contributed by atoms with van der Waals surface area (Å²) in [6, 6.07) is 7.25. The molecule has 2 atom stereocenters. The SMILES string of the molecule is CCC(C)N(C)C(C)(CN)Cc1cccc(F)c1. The average molecular weight is 252 g/mol. The monoisotopic (exact) mass is 252 g/mol. The third-order valence-electron chi connectivity index (χ3n) is 4.02. The molecule has 0 aromatic heterocycles. The first kappa shape index (κ1) is 15.1. The minimum absolute atomic E-state index is 0.136. The lowest BCUT2D eigenvalue weighted by Crippen LogP contribution is -2.54. The zero-order valence-corrected chi connectivity index (χ0v) is 11.9. The fourth-order valence-corrected chi connectivity index (χ4v) is 2.23. The van der Waals surface area contributed by atoms with Crippen molar-refractivity contribution in [2.75, 3.05) is 13.6 Å². The number of hydrogen-bond acceptors (Lipinski definition) is 2. The van der Waals surface area contributed by atoms with Crippen molar-refractivity contribution in [2.24, 2.45) is 5.73 Å². The maximum absolute atomic E-state index is 13.2. The minimum atomic E-state index is -0.182. The molecule has 3 heteroatoms. The molecule has 1 rings (SSSR count). The Hall–Kier alpha value is -0.930. The van der Waals surface area contributed by atoms with E-state index in [1.165, 1.54) is 6.07 Å². The summed E-state index contributed by atoms with van der Waals surface area (Å²) in [5, 5.41) is 0. The molecule has 2 N–H and O–H groups in total. The number of benzene rings is 1. The maximum atomic E-state index is 13.2. The van der Waals surface area contributed by atoms with Crippen molar-refractivity contribution in [3.63, 3.8) is 0 Å². The number of hydrogen-bond donors (Lipinski definition) is 1. The van der Waals surface area contributed by atoms with Gasteiger partial charge in [-0.3, -0.25) is 4.90 Å². The fourth-order valence-electron chi connectivity index (χ4n) is 2.23. The number of rotatable bonds is 6. The molecule has 2 unspecified atom stereocenters. The van der Waals surface area contributed by atoms with Gasteiger partial charge in [0.1, 0.15) is 5.82 Å². The molecule has 102 valence electrons. The molecular weight excluding hydrogens is 227 g/mol. The molecule has 0 aliphatic carbocycles. The van der Waals surface area contributed by atoms with Crippen LogP contribution >= 0.6 is 0 Å². The summed E-state index contributed by atoms with van der Waals surface area (Å²) in [7, 11) is 2.10. The van der Waals surface area contributed by atoms with Gasteiger partial charge in [0, 0.05) is 18.1 Å². The van der Waals surface area contributed by atoms with Crippen molar-refractivity contribution in [1.82, 2.24) is 4.90 Å². The van der Waals surface area contributed by atoms with Crippen LogP contribution in [-0.4, -0.2) is 30.1 Å². The smallest absolute Gasteiger partial charge is 0.123 e. The number of likely N-dealkylation sites (N-methyl/N-ethyl adjacent to an activating group) is 1. The Kier molecular flexibility index (Phi) is 5.29. The molecule has 1 aromatic rings. The molecule has 0 heterocycles. The molecule has 1 aromatic carbocycles. The lowest BCUT2D eigenvalue weighted by molar-refractivity contribution is 0.0979. The quantitative estimate of drug-likeness (QED) is 0.843. The molecule has 18 heavy (non-hydrogen) atoms. The Morgan fingerprint density at radius 2 is 2.11 bits per heavy atom. The predicted molar refractivity (Wildman–Crippen MR) is 75.1 cm³/mol. The van der Waals surface area contributed by atoms with E-state index >= 15 is 0 Å². The molecule has 0 bridgehead atoms. The van der Waals surface area contributed by atoms with E-state index in [0.717, 1.165) is 18.4 Å². The molecule has 0 spiro atoms. The Morgan fingerprint density at radius 1 is 1.44 bits per heavy atom. The van der Waals surface area contributed by atoms with E-state index in [1.54, 1.807) is 12.1 Å². The second-order valence-corrected chi connectivity index (χ2v) is 5.38. The highest BCUT2D eigenvalue weighted by Crippen LogP contribution is 2.22. The van der Waals surface area contributed by atoms with Crippen molar-refractivity contribution < 1.29 is 4.39 Å². The van der Waals surface area contributed by atoms with Crippen molar-refractivity contribution in [2.45, 2.75) is 45.2 Å². The zero-order chi connectivity index (χ0) is 13.8. The Labute approximate surface area is 110 Å². The first-order chi connectivity index (χ1) is 8.42. The first-order valence-electron chi connectivity index (χ1n) is 6.60. The predicted octanol–water partition coefficient (Wildman–Crippen LogP) is 2.82. The summed E-state index contributed by atoms with van der Waals surface area (Å²) < 4.78 is 13.2. The van der Waals surface area contributed by atoms with Crippen LogP contribution in [0.5, 0.6) is 0 Å². The van der Waals surface area contributed by atoms with Crippen molar-refractivity contribution in [1.29, 1.82) is 0 Å². The summed E-state index contributed by atoms with van der Waals surface area (Å²) in [6.07, 6.45) is 1.84. The van der Waals surface area contributed by atoms with E-state index in [2.05, 4.69) is 32.7 Å². The molecule has 0 radical (unpaired) electrons. The standard InChI is InChI=1S/C15H25FN2/c1-5-12(2)18(4)15(3,11-17)10-13-7-6-8-14(16)9-13/h6-9,12H,5,10-11,17H2,1-4H3. The van der Waals surface area contributed by atoms with Gasteiger partial charge in [0.25, 0.3) is 0 Å². The average Bonchev–Trinajstić information content (AvgIpc) is 2.36. The summed E-state index contributed by atoms with van der Waals surface area (Å²) in [5.41, 5.74) is 6.81. The van der Waals surface area contributed by atoms with Crippen LogP contribution in [0.25, 0.3) is 0 Å². The van der Waals surface area contributed by atoms with E-state index in [-0.39, 0.29) is 11.4 Å². The molecule has 0 saturated heterocycles. The summed E-state index contributed by atoms with van der Waals surface area (Å²) in [4.78, 5) is 2.30. The highest BCUT2D eigenvalue weighted by molar-refractivity contribution is 5.19. The summed E-state index contributed by atoms with van der Waals surface area (Å²) in [5.74, 6) is -0.182. The second-order valence-electron chi connectivity index (χ2n) is 5.38. The fraction of sp³-hybridized carbons (Fsp3) is 0.600.